The molecule has 0 radical (unpaired) electrons. The molecular formula is C13H13BrFNO. The zero-order valence-electron chi connectivity index (χ0n) is 9.49. The Labute approximate surface area is 108 Å². The molecule has 4 heteroatoms. The van der Waals surface area contributed by atoms with E-state index in [2.05, 4.69) is 20.8 Å². The smallest absolute Gasteiger partial charge is 0.124 e. The van der Waals surface area contributed by atoms with Gasteiger partial charge in [-0.15, -0.1) is 0 Å². The summed E-state index contributed by atoms with van der Waals surface area (Å²) in [6, 6.07) is 8.56. The lowest BCUT2D eigenvalue weighted by atomic mass is 10.2. The molecule has 1 aromatic heterocycles. The number of halogens is 2. The van der Waals surface area contributed by atoms with E-state index in [0.29, 0.717) is 0 Å². The molecule has 2 aromatic rings. The van der Waals surface area contributed by atoms with Gasteiger partial charge in [0.1, 0.15) is 11.6 Å². The summed E-state index contributed by atoms with van der Waals surface area (Å²) in [5, 5.41) is 0. The molecule has 1 aromatic carbocycles. The van der Waals surface area contributed by atoms with Crippen molar-refractivity contribution in [2.24, 2.45) is 0 Å². The predicted octanol–water partition coefficient (Wildman–Crippen LogP) is 3.81. The standard InChI is InChI=1S/C13H13BrFNO/c1-16(9-12-3-2-6-17-12)8-10-4-5-11(15)7-13(10)14/h2-7H,8-9H2,1H3. The summed E-state index contributed by atoms with van der Waals surface area (Å²) in [5.74, 6) is 0.694. The lowest BCUT2D eigenvalue weighted by Gasteiger charge is -2.16. The quantitative estimate of drug-likeness (QED) is 0.853. The molecule has 0 amide bonds. The maximum Gasteiger partial charge on any atom is 0.124 e. The Morgan fingerprint density at radius 3 is 2.76 bits per heavy atom. The van der Waals surface area contributed by atoms with E-state index in [-0.39, 0.29) is 5.82 Å². The first-order valence-electron chi connectivity index (χ1n) is 5.30. The zero-order valence-corrected chi connectivity index (χ0v) is 11.1. The summed E-state index contributed by atoms with van der Waals surface area (Å²) in [6.07, 6.45) is 1.66. The number of rotatable bonds is 4. The minimum absolute atomic E-state index is 0.227. The van der Waals surface area contributed by atoms with E-state index in [1.807, 2.05) is 19.2 Å². The van der Waals surface area contributed by atoms with Crippen molar-refractivity contribution in [3.63, 3.8) is 0 Å². The highest BCUT2D eigenvalue weighted by molar-refractivity contribution is 9.10. The van der Waals surface area contributed by atoms with Gasteiger partial charge >= 0.3 is 0 Å². The molecule has 0 unspecified atom stereocenters. The van der Waals surface area contributed by atoms with Gasteiger partial charge < -0.3 is 4.42 Å². The SMILES string of the molecule is CN(Cc1ccco1)Cc1ccc(F)cc1Br. The van der Waals surface area contributed by atoms with Crippen molar-refractivity contribution in [1.82, 2.24) is 4.90 Å². The van der Waals surface area contributed by atoms with Crippen LogP contribution in [-0.2, 0) is 13.1 Å². The minimum atomic E-state index is -0.227. The van der Waals surface area contributed by atoms with Crippen LogP contribution in [0.25, 0.3) is 0 Å². The van der Waals surface area contributed by atoms with Crippen LogP contribution in [-0.4, -0.2) is 11.9 Å². The highest BCUT2D eigenvalue weighted by Gasteiger charge is 2.07. The van der Waals surface area contributed by atoms with Gasteiger partial charge in [0.25, 0.3) is 0 Å². The van der Waals surface area contributed by atoms with Crippen molar-refractivity contribution >= 4 is 15.9 Å². The summed E-state index contributed by atoms with van der Waals surface area (Å²) in [6.45, 7) is 1.47. The molecule has 0 fully saturated rings. The Bertz CT molecular complexity index is 484. The first kappa shape index (κ1) is 12.3. The van der Waals surface area contributed by atoms with Crippen LogP contribution < -0.4 is 0 Å². The van der Waals surface area contributed by atoms with Gasteiger partial charge in [0.2, 0.25) is 0 Å². The molecule has 0 N–H and O–H groups in total. The first-order chi connectivity index (χ1) is 8.15. The van der Waals surface area contributed by atoms with Crippen molar-refractivity contribution < 1.29 is 8.81 Å². The Kier molecular flexibility index (Phi) is 3.97. The molecule has 0 saturated heterocycles. The Balaban J connectivity index is 2.00. The lowest BCUT2D eigenvalue weighted by Crippen LogP contribution is -2.17. The van der Waals surface area contributed by atoms with E-state index in [1.54, 1.807) is 12.3 Å². The number of benzene rings is 1. The van der Waals surface area contributed by atoms with Gasteiger partial charge in [0.05, 0.1) is 12.8 Å². The fourth-order valence-corrected chi connectivity index (χ4v) is 2.14. The average molecular weight is 298 g/mol. The van der Waals surface area contributed by atoms with Crippen molar-refractivity contribution in [2.45, 2.75) is 13.1 Å². The molecule has 1 heterocycles. The van der Waals surface area contributed by atoms with Crippen molar-refractivity contribution in [1.29, 1.82) is 0 Å². The Hall–Kier alpha value is -1.13. The second-order valence-electron chi connectivity index (χ2n) is 3.99. The monoisotopic (exact) mass is 297 g/mol. The maximum atomic E-state index is 12.9. The highest BCUT2D eigenvalue weighted by Crippen LogP contribution is 2.20. The number of nitrogens with zero attached hydrogens (tertiary/aromatic N) is 1. The first-order valence-corrected chi connectivity index (χ1v) is 6.09. The van der Waals surface area contributed by atoms with Crippen molar-refractivity contribution in [3.8, 4) is 0 Å². The molecule has 2 rings (SSSR count). The molecule has 0 atom stereocenters. The highest BCUT2D eigenvalue weighted by atomic mass is 79.9. The van der Waals surface area contributed by atoms with Gasteiger partial charge in [-0.25, -0.2) is 4.39 Å². The zero-order chi connectivity index (χ0) is 12.3. The topological polar surface area (TPSA) is 16.4 Å². The third-order valence-electron chi connectivity index (χ3n) is 2.46. The second kappa shape index (κ2) is 5.47. The minimum Gasteiger partial charge on any atom is -0.468 e. The Morgan fingerprint density at radius 1 is 1.29 bits per heavy atom. The number of hydrogen-bond donors (Lipinski definition) is 0. The van der Waals surface area contributed by atoms with E-state index >= 15 is 0 Å². The normalized spacial score (nSPS) is 11.1. The van der Waals surface area contributed by atoms with Gasteiger partial charge in [-0.2, -0.15) is 0 Å². The van der Waals surface area contributed by atoms with Crippen LogP contribution in [0.3, 0.4) is 0 Å². The fraction of sp³-hybridized carbons (Fsp3) is 0.231. The van der Waals surface area contributed by atoms with Crippen LogP contribution in [0.2, 0.25) is 0 Å². The Morgan fingerprint density at radius 2 is 2.12 bits per heavy atom. The average Bonchev–Trinajstić information content (AvgIpc) is 2.75. The van der Waals surface area contributed by atoms with Gasteiger partial charge in [-0.1, -0.05) is 22.0 Å². The number of furan rings is 1. The summed E-state index contributed by atoms with van der Waals surface area (Å²) in [7, 11) is 2.00. The summed E-state index contributed by atoms with van der Waals surface area (Å²) >= 11 is 3.36. The van der Waals surface area contributed by atoms with Crippen LogP contribution in [0.4, 0.5) is 4.39 Å². The summed E-state index contributed by atoms with van der Waals surface area (Å²) < 4.78 is 19.0. The molecule has 0 aliphatic heterocycles. The second-order valence-corrected chi connectivity index (χ2v) is 4.84. The van der Waals surface area contributed by atoms with Crippen molar-refractivity contribution in [3.05, 3.63) is 58.2 Å². The molecule has 90 valence electrons. The number of hydrogen-bond acceptors (Lipinski definition) is 2. The predicted molar refractivity (Wildman–Crippen MR) is 68.0 cm³/mol. The summed E-state index contributed by atoms with van der Waals surface area (Å²) in [4.78, 5) is 2.11. The molecule has 0 bridgehead atoms. The van der Waals surface area contributed by atoms with Crippen LogP contribution in [0.1, 0.15) is 11.3 Å². The van der Waals surface area contributed by atoms with E-state index in [0.717, 1.165) is 28.9 Å². The molecule has 0 spiro atoms. The third-order valence-corrected chi connectivity index (χ3v) is 3.20. The largest absolute Gasteiger partial charge is 0.468 e. The molecule has 17 heavy (non-hydrogen) atoms. The molecule has 0 aliphatic carbocycles. The van der Waals surface area contributed by atoms with Crippen LogP contribution >= 0.6 is 15.9 Å². The van der Waals surface area contributed by atoms with E-state index in [4.69, 9.17) is 4.42 Å². The van der Waals surface area contributed by atoms with Gasteiger partial charge in [0, 0.05) is 11.0 Å². The molecular weight excluding hydrogens is 285 g/mol. The van der Waals surface area contributed by atoms with Crippen LogP contribution in [0.5, 0.6) is 0 Å². The fourth-order valence-electron chi connectivity index (χ4n) is 1.67. The van der Waals surface area contributed by atoms with Crippen LogP contribution in [0, 0.1) is 5.82 Å². The summed E-state index contributed by atoms with van der Waals surface area (Å²) in [5.41, 5.74) is 1.06. The van der Waals surface area contributed by atoms with Gasteiger partial charge in [0.15, 0.2) is 0 Å². The van der Waals surface area contributed by atoms with Crippen LogP contribution in [0.15, 0.2) is 45.5 Å². The van der Waals surface area contributed by atoms with E-state index in [9.17, 15) is 4.39 Å². The molecule has 0 saturated carbocycles. The lowest BCUT2D eigenvalue weighted by molar-refractivity contribution is 0.287. The molecule has 0 aliphatic rings. The maximum absolute atomic E-state index is 12.9. The van der Waals surface area contributed by atoms with Crippen molar-refractivity contribution in [2.75, 3.05) is 7.05 Å². The third kappa shape index (κ3) is 3.41. The molecule has 2 nitrogen and oxygen atoms in total. The van der Waals surface area contributed by atoms with E-state index < -0.39 is 0 Å². The van der Waals surface area contributed by atoms with E-state index in [1.165, 1.54) is 12.1 Å². The van der Waals surface area contributed by atoms with Gasteiger partial charge in [-0.3, -0.25) is 4.90 Å². The van der Waals surface area contributed by atoms with Gasteiger partial charge in [-0.05, 0) is 36.9 Å².